The van der Waals surface area contributed by atoms with Crippen molar-refractivity contribution in [1.82, 2.24) is 0 Å². The number of imide groups is 1. The first kappa shape index (κ1) is 19.8. The minimum absolute atomic E-state index is 0.0545. The number of fused-ring (bicyclic) bond motifs is 1. The number of hydrogen-bond donors (Lipinski definition) is 1. The molecule has 150 valence electrons. The van der Waals surface area contributed by atoms with Crippen LogP contribution in [0.4, 0.5) is 15.8 Å². The van der Waals surface area contributed by atoms with E-state index < -0.39 is 23.5 Å². The molecular weight excluding hydrogens is 407 g/mol. The fraction of sp³-hybridized carbons (Fsp3) is 0.0870. The molecule has 1 aliphatic rings. The number of carbonyl (C=O) groups is 3. The summed E-state index contributed by atoms with van der Waals surface area (Å²) in [7, 11) is 0. The smallest absolute Gasteiger partial charge is 0.266 e. The van der Waals surface area contributed by atoms with Crippen LogP contribution in [0.25, 0.3) is 0 Å². The highest BCUT2D eigenvalue weighted by Gasteiger charge is 2.37. The van der Waals surface area contributed by atoms with Gasteiger partial charge in [-0.3, -0.25) is 14.4 Å². The van der Waals surface area contributed by atoms with Crippen LogP contribution in [0.5, 0.6) is 0 Å². The fourth-order valence-corrected chi connectivity index (χ4v) is 3.46. The van der Waals surface area contributed by atoms with Crippen molar-refractivity contribution < 1.29 is 18.8 Å². The molecule has 1 heterocycles. The highest BCUT2D eigenvalue weighted by atomic mass is 35.5. The summed E-state index contributed by atoms with van der Waals surface area (Å²) in [4.78, 5) is 39.6. The Morgan fingerprint density at radius 1 is 0.933 bits per heavy atom. The Balaban J connectivity index is 1.65. The third kappa shape index (κ3) is 3.35. The van der Waals surface area contributed by atoms with Crippen molar-refractivity contribution in [2.24, 2.45) is 0 Å². The first-order chi connectivity index (χ1) is 14.3. The van der Waals surface area contributed by atoms with Crippen LogP contribution in [0.3, 0.4) is 0 Å². The summed E-state index contributed by atoms with van der Waals surface area (Å²) in [6.45, 7) is 3.70. The highest BCUT2D eigenvalue weighted by Crippen LogP contribution is 2.32. The molecule has 0 fully saturated rings. The second kappa shape index (κ2) is 7.39. The molecule has 0 aromatic heterocycles. The standard InChI is InChI=1S/C23H16ClFN2O3/c1-12-3-4-13(2)20(9-12)27-22(29)16-7-5-14(10-17(16)23(27)30)21(28)26-15-6-8-18(24)19(25)11-15/h3-11H,1-2H3,(H,26,28). The Hall–Kier alpha value is -3.51. The first-order valence-electron chi connectivity index (χ1n) is 9.13. The molecule has 0 bridgehead atoms. The quantitative estimate of drug-likeness (QED) is 0.593. The second-order valence-corrected chi connectivity index (χ2v) is 7.49. The third-order valence-electron chi connectivity index (χ3n) is 4.93. The van der Waals surface area contributed by atoms with Gasteiger partial charge in [0.1, 0.15) is 5.82 Å². The largest absolute Gasteiger partial charge is 0.322 e. The van der Waals surface area contributed by atoms with Crippen LogP contribution >= 0.6 is 11.6 Å². The van der Waals surface area contributed by atoms with Gasteiger partial charge in [-0.15, -0.1) is 0 Å². The number of rotatable bonds is 3. The van der Waals surface area contributed by atoms with Gasteiger partial charge in [0, 0.05) is 11.3 Å². The van der Waals surface area contributed by atoms with Crippen LogP contribution in [-0.2, 0) is 0 Å². The summed E-state index contributed by atoms with van der Waals surface area (Å²) >= 11 is 5.65. The van der Waals surface area contributed by atoms with E-state index in [0.29, 0.717) is 5.69 Å². The van der Waals surface area contributed by atoms with Crippen molar-refractivity contribution in [2.45, 2.75) is 13.8 Å². The van der Waals surface area contributed by atoms with E-state index in [-0.39, 0.29) is 27.4 Å². The lowest BCUT2D eigenvalue weighted by Crippen LogP contribution is -2.30. The van der Waals surface area contributed by atoms with Gasteiger partial charge in [-0.1, -0.05) is 23.7 Å². The van der Waals surface area contributed by atoms with Gasteiger partial charge in [0.2, 0.25) is 0 Å². The summed E-state index contributed by atoms with van der Waals surface area (Å²) in [5, 5.41) is 2.50. The van der Waals surface area contributed by atoms with Gasteiger partial charge in [-0.25, -0.2) is 9.29 Å². The number of halogens is 2. The van der Waals surface area contributed by atoms with E-state index in [1.807, 2.05) is 26.0 Å². The Labute approximate surface area is 177 Å². The van der Waals surface area contributed by atoms with Gasteiger partial charge in [0.05, 0.1) is 21.8 Å². The normalized spacial score (nSPS) is 12.9. The maximum absolute atomic E-state index is 13.6. The Morgan fingerprint density at radius 2 is 1.67 bits per heavy atom. The molecule has 4 rings (SSSR count). The lowest BCUT2D eigenvalue weighted by Gasteiger charge is -2.17. The summed E-state index contributed by atoms with van der Waals surface area (Å²) in [5.74, 6) is -2.12. The molecule has 7 heteroatoms. The predicted molar refractivity (Wildman–Crippen MR) is 113 cm³/mol. The average Bonchev–Trinajstić information content (AvgIpc) is 2.96. The number of benzene rings is 3. The van der Waals surface area contributed by atoms with E-state index >= 15 is 0 Å². The third-order valence-corrected chi connectivity index (χ3v) is 5.24. The lowest BCUT2D eigenvalue weighted by atomic mass is 10.1. The van der Waals surface area contributed by atoms with Gasteiger partial charge in [0.25, 0.3) is 17.7 Å². The zero-order valence-corrected chi connectivity index (χ0v) is 16.9. The van der Waals surface area contributed by atoms with Gasteiger partial charge in [0.15, 0.2) is 0 Å². The van der Waals surface area contributed by atoms with Crippen molar-refractivity contribution >= 4 is 40.7 Å². The fourth-order valence-electron chi connectivity index (χ4n) is 3.34. The molecule has 0 atom stereocenters. The number of amides is 3. The number of aryl methyl sites for hydroxylation is 2. The molecule has 0 spiro atoms. The summed E-state index contributed by atoms with van der Waals surface area (Å²) in [5.41, 5.74) is 3.00. The van der Waals surface area contributed by atoms with Gasteiger partial charge in [-0.2, -0.15) is 0 Å². The zero-order valence-electron chi connectivity index (χ0n) is 16.1. The summed E-state index contributed by atoms with van der Waals surface area (Å²) in [6, 6.07) is 13.7. The predicted octanol–water partition coefficient (Wildman–Crippen LogP) is 5.15. The number of nitrogens with zero attached hydrogens (tertiary/aromatic N) is 1. The van der Waals surface area contributed by atoms with Crippen LogP contribution in [0.1, 0.15) is 42.2 Å². The Morgan fingerprint density at radius 3 is 2.40 bits per heavy atom. The average molecular weight is 423 g/mol. The van der Waals surface area contributed by atoms with E-state index in [4.69, 9.17) is 11.6 Å². The molecule has 0 radical (unpaired) electrons. The molecular formula is C23H16ClFN2O3. The van der Waals surface area contributed by atoms with Crippen molar-refractivity contribution in [2.75, 3.05) is 10.2 Å². The number of carbonyl (C=O) groups excluding carboxylic acids is 3. The molecule has 3 amide bonds. The number of nitrogens with one attached hydrogen (secondary N) is 1. The molecule has 5 nitrogen and oxygen atoms in total. The lowest BCUT2D eigenvalue weighted by molar-refractivity contribution is 0.0925. The Kier molecular flexibility index (Phi) is 4.87. The molecule has 0 aliphatic carbocycles. The van der Waals surface area contributed by atoms with E-state index in [1.165, 1.54) is 30.3 Å². The van der Waals surface area contributed by atoms with Crippen molar-refractivity contribution in [1.29, 1.82) is 0 Å². The Bertz CT molecular complexity index is 1240. The number of hydrogen-bond acceptors (Lipinski definition) is 3. The van der Waals surface area contributed by atoms with Gasteiger partial charge < -0.3 is 5.32 Å². The second-order valence-electron chi connectivity index (χ2n) is 7.08. The zero-order chi connectivity index (χ0) is 21.6. The molecule has 0 unspecified atom stereocenters. The van der Waals surface area contributed by atoms with E-state index in [0.717, 1.165) is 22.1 Å². The molecule has 0 saturated carbocycles. The highest BCUT2D eigenvalue weighted by molar-refractivity contribution is 6.35. The monoisotopic (exact) mass is 422 g/mol. The van der Waals surface area contributed by atoms with Crippen molar-refractivity contribution in [3.8, 4) is 0 Å². The maximum atomic E-state index is 13.6. The van der Waals surface area contributed by atoms with Crippen LogP contribution in [0.15, 0.2) is 54.6 Å². The van der Waals surface area contributed by atoms with Crippen LogP contribution in [0.2, 0.25) is 5.02 Å². The van der Waals surface area contributed by atoms with Crippen LogP contribution < -0.4 is 10.2 Å². The summed E-state index contributed by atoms with van der Waals surface area (Å²) in [6.07, 6.45) is 0. The minimum atomic E-state index is -0.659. The topological polar surface area (TPSA) is 66.5 Å². The minimum Gasteiger partial charge on any atom is -0.322 e. The summed E-state index contributed by atoms with van der Waals surface area (Å²) < 4.78 is 13.6. The molecule has 3 aromatic carbocycles. The maximum Gasteiger partial charge on any atom is 0.266 e. The SMILES string of the molecule is Cc1ccc(C)c(N2C(=O)c3ccc(C(=O)Nc4ccc(Cl)c(F)c4)cc3C2=O)c1. The van der Waals surface area contributed by atoms with Crippen LogP contribution in [-0.4, -0.2) is 17.7 Å². The first-order valence-corrected chi connectivity index (χ1v) is 9.50. The van der Waals surface area contributed by atoms with Gasteiger partial charge in [-0.05, 0) is 67.4 Å². The van der Waals surface area contributed by atoms with Crippen LogP contribution in [0, 0.1) is 19.7 Å². The van der Waals surface area contributed by atoms with E-state index in [9.17, 15) is 18.8 Å². The van der Waals surface area contributed by atoms with Gasteiger partial charge >= 0.3 is 0 Å². The van der Waals surface area contributed by atoms with Crippen molar-refractivity contribution in [3.05, 3.63) is 93.3 Å². The van der Waals surface area contributed by atoms with E-state index in [1.54, 1.807) is 6.07 Å². The molecule has 30 heavy (non-hydrogen) atoms. The molecule has 1 aliphatic heterocycles. The van der Waals surface area contributed by atoms with E-state index in [2.05, 4.69) is 5.32 Å². The molecule has 0 saturated heterocycles. The number of anilines is 2. The molecule has 3 aromatic rings. The molecule has 1 N–H and O–H groups in total. The van der Waals surface area contributed by atoms with Crippen molar-refractivity contribution in [3.63, 3.8) is 0 Å².